The SMILES string of the molecule is COC(=O)CN=C1C(=O)NC(c2cccnc2)C1=C(N)c1ccccc1. The van der Waals surface area contributed by atoms with E-state index in [1.165, 1.54) is 7.11 Å². The molecule has 3 rings (SSSR count). The maximum atomic E-state index is 12.5. The molecule has 7 heteroatoms. The molecule has 0 spiro atoms. The summed E-state index contributed by atoms with van der Waals surface area (Å²) in [5.41, 5.74) is 9.00. The van der Waals surface area contributed by atoms with Gasteiger partial charge < -0.3 is 15.8 Å². The van der Waals surface area contributed by atoms with Gasteiger partial charge in [-0.3, -0.25) is 19.6 Å². The Bertz CT molecular complexity index is 876. The Balaban J connectivity index is 2.12. The summed E-state index contributed by atoms with van der Waals surface area (Å²) < 4.78 is 4.60. The van der Waals surface area contributed by atoms with E-state index >= 15 is 0 Å². The van der Waals surface area contributed by atoms with Crippen molar-refractivity contribution < 1.29 is 14.3 Å². The first kappa shape index (κ1) is 17.3. The molecule has 2 heterocycles. The lowest BCUT2D eigenvalue weighted by Gasteiger charge is -2.15. The van der Waals surface area contributed by atoms with E-state index in [0.29, 0.717) is 11.3 Å². The topological polar surface area (TPSA) is 107 Å². The minimum atomic E-state index is -0.534. The van der Waals surface area contributed by atoms with E-state index in [2.05, 4.69) is 20.0 Å². The highest BCUT2D eigenvalue weighted by molar-refractivity contribution is 6.49. The number of hydrogen-bond donors (Lipinski definition) is 2. The van der Waals surface area contributed by atoms with Crippen molar-refractivity contribution in [1.82, 2.24) is 10.3 Å². The van der Waals surface area contributed by atoms with Crippen LogP contribution >= 0.6 is 0 Å². The third-order valence-corrected chi connectivity index (χ3v) is 4.02. The number of aliphatic imine (C=N–C) groups is 1. The van der Waals surface area contributed by atoms with Crippen LogP contribution in [-0.4, -0.2) is 36.2 Å². The lowest BCUT2D eigenvalue weighted by atomic mass is 9.95. The van der Waals surface area contributed by atoms with E-state index in [1.54, 1.807) is 18.5 Å². The number of esters is 1. The number of rotatable bonds is 4. The van der Waals surface area contributed by atoms with E-state index < -0.39 is 17.9 Å². The van der Waals surface area contributed by atoms with Crippen LogP contribution < -0.4 is 11.1 Å². The van der Waals surface area contributed by atoms with Gasteiger partial charge in [-0.25, -0.2) is 0 Å². The Labute approximate surface area is 150 Å². The predicted molar refractivity (Wildman–Crippen MR) is 97.0 cm³/mol. The minimum absolute atomic E-state index is 0.130. The highest BCUT2D eigenvalue weighted by Crippen LogP contribution is 2.32. The highest BCUT2D eigenvalue weighted by Gasteiger charge is 2.37. The molecule has 1 unspecified atom stereocenters. The molecule has 1 aromatic heterocycles. The summed E-state index contributed by atoms with van der Waals surface area (Å²) in [7, 11) is 1.27. The minimum Gasteiger partial charge on any atom is -0.468 e. The monoisotopic (exact) mass is 350 g/mol. The number of carbonyl (C=O) groups excluding carboxylic acids is 2. The van der Waals surface area contributed by atoms with Crippen LogP contribution in [0.3, 0.4) is 0 Å². The van der Waals surface area contributed by atoms with Gasteiger partial charge in [0.25, 0.3) is 5.91 Å². The van der Waals surface area contributed by atoms with Gasteiger partial charge in [-0.05, 0) is 17.2 Å². The zero-order chi connectivity index (χ0) is 18.5. The Hall–Kier alpha value is -3.48. The van der Waals surface area contributed by atoms with Gasteiger partial charge in [-0.2, -0.15) is 0 Å². The van der Waals surface area contributed by atoms with E-state index in [4.69, 9.17) is 5.73 Å². The summed E-state index contributed by atoms with van der Waals surface area (Å²) in [5.74, 6) is -0.926. The summed E-state index contributed by atoms with van der Waals surface area (Å²) in [4.78, 5) is 32.2. The molecule has 0 radical (unpaired) electrons. The summed E-state index contributed by atoms with van der Waals surface area (Å²) >= 11 is 0. The molecule has 26 heavy (non-hydrogen) atoms. The smallest absolute Gasteiger partial charge is 0.327 e. The maximum absolute atomic E-state index is 12.5. The van der Waals surface area contributed by atoms with Crippen molar-refractivity contribution in [3.8, 4) is 0 Å². The molecular formula is C19H18N4O3. The lowest BCUT2D eigenvalue weighted by Crippen LogP contribution is -2.22. The number of ether oxygens (including phenoxy) is 1. The summed E-state index contributed by atoms with van der Waals surface area (Å²) in [6.45, 7) is -0.259. The van der Waals surface area contributed by atoms with Crippen molar-refractivity contribution in [3.63, 3.8) is 0 Å². The van der Waals surface area contributed by atoms with Gasteiger partial charge in [0, 0.05) is 23.7 Å². The average Bonchev–Trinajstić information content (AvgIpc) is 3.03. The number of aromatic nitrogens is 1. The van der Waals surface area contributed by atoms with Crippen LogP contribution in [0.25, 0.3) is 5.70 Å². The molecule has 7 nitrogen and oxygen atoms in total. The molecule has 3 N–H and O–H groups in total. The summed E-state index contributed by atoms with van der Waals surface area (Å²) in [6, 6.07) is 12.4. The molecule has 1 aromatic carbocycles. The maximum Gasteiger partial charge on any atom is 0.327 e. The average molecular weight is 350 g/mol. The van der Waals surface area contributed by atoms with Crippen LogP contribution in [0, 0.1) is 0 Å². The van der Waals surface area contributed by atoms with E-state index in [1.807, 2.05) is 36.4 Å². The Morgan fingerprint density at radius 3 is 2.69 bits per heavy atom. The molecule has 1 aliphatic heterocycles. The fourth-order valence-corrected chi connectivity index (χ4v) is 2.75. The molecule has 1 aliphatic rings. The quantitative estimate of drug-likeness (QED) is 0.807. The van der Waals surface area contributed by atoms with Gasteiger partial charge in [0.2, 0.25) is 0 Å². The van der Waals surface area contributed by atoms with E-state index in [-0.39, 0.29) is 12.3 Å². The van der Waals surface area contributed by atoms with Crippen molar-refractivity contribution in [1.29, 1.82) is 0 Å². The van der Waals surface area contributed by atoms with Gasteiger partial charge in [0.1, 0.15) is 12.3 Å². The summed E-state index contributed by atoms with van der Waals surface area (Å²) in [6.07, 6.45) is 3.31. The molecule has 1 fully saturated rings. The predicted octanol–water partition coefficient (Wildman–Crippen LogP) is 1.24. The van der Waals surface area contributed by atoms with Gasteiger partial charge in [-0.1, -0.05) is 36.4 Å². The van der Waals surface area contributed by atoms with E-state index in [0.717, 1.165) is 11.1 Å². The second-order valence-corrected chi connectivity index (χ2v) is 5.63. The van der Waals surface area contributed by atoms with Gasteiger partial charge in [0.05, 0.1) is 13.2 Å². The molecule has 2 aromatic rings. The number of nitrogens with zero attached hydrogens (tertiary/aromatic N) is 2. The molecule has 1 amide bonds. The second-order valence-electron chi connectivity index (χ2n) is 5.63. The number of carbonyl (C=O) groups is 2. The number of amides is 1. The first-order chi connectivity index (χ1) is 12.6. The van der Waals surface area contributed by atoms with Crippen LogP contribution in [0.15, 0.2) is 65.4 Å². The second kappa shape index (κ2) is 7.60. The molecular weight excluding hydrogens is 332 g/mol. The van der Waals surface area contributed by atoms with Crippen LogP contribution in [0.4, 0.5) is 0 Å². The Morgan fingerprint density at radius 2 is 2.04 bits per heavy atom. The fourth-order valence-electron chi connectivity index (χ4n) is 2.75. The van der Waals surface area contributed by atoms with Crippen LogP contribution in [-0.2, 0) is 14.3 Å². The first-order valence-corrected chi connectivity index (χ1v) is 7.99. The molecule has 0 bridgehead atoms. The van der Waals surface area contributed by atoms with Crippen molar-refractivity contribution in [2.24, 2.45) is 10.7 Å². The van der Waals surface area contributed by atoms with Gasteiger partial charge >= 0.3 is 5.97 Å². The van der Waals surface area contributed by atoms with Gasteiger partial charge in [0.15, 0.2) is 0 Å². The molecule has 1 saturated heterocycles. The Kier molecular flexibility index (Phi) is 5.07. The standard InChI is InChI=1S/C19H18N4O3/c1-26-14(24)11-22-18-15(16(20)12-6-3-2-4-7-12)17(23-19(18)25)13-8-5-9-21-10-13/h2-10,17H,11,20H2,1H3,(H,23,25). The van der Waals surface area contributed by atoms with Crippen LogP contribution in [0.1, 0.15) is 17.2 Å². The van der Waals surface area contributed by atoms with Crippen molar-refractivity contribution in [3.05, 3.63) is 71.6 Å². The molecule has 0 saturated carbocycles. The van der Waals surface area contributed by atoms with Crippen LogP contribution in [0.2, 0.25) is 0 Å². The first-order valence-electron chi connectivity index (χ1n) is 7.99. The normalized spacial score (nSPS) is 20.0. The molecule has 1 atom stereocenters. The largest absolute Gasteiger partial charge is 0.468 e. The lowest BCUT2D eigenvalue weighted by molar-refractivity contribution is -0.138. The van der Waals surface area contributed by atoms with Gasteiger partial charge in [-0.15, -0.1) is 0 Å². The number of methoxy groups -OCH3 is 1. The Morgan fingerprint density at radius 1 is 1.27 bits per heavy atom. The fraction of sp³-hybridized carbons (Fsp3) is 0.158. The zero-order valence-electron chi connectivity index (χ0n) is 14.2. The van der Waals surface area contributed by atoms with Crippen molar-refractivity contribution in [2.75, 3.05) is 13.7 Å². The zero-order valence-corrected chi connectivity index (χ0v) is 14.2. The van der Waals surface area contributed by atoms with Crippen molar-refractivity contribution in [2.45, 2.75) is 6.04 Å². The number of nitrogens with two attached hydrogens (primary N) is 1. The molecule has 0 aliphatic carbocycles. The highest BCUT2D eigenvalue weighted by atomic mass is 16.5. The number of nitrogens with one attached hydrogen (secondary N) is 1. The third kappa shape index (κ3) is 3.46. The number of benzene rings is 1. The van der Waals surface area contributed by atoms with E-state index in [9.17, 15) is 9.59 Å². The van der Waals surface area contributed by atoms with Crippen molar-refractivity contribution >= 4 is 23.3 Å². The number of hydrogen-bond acceptors (Lipinski definition) is 6. The van der Waals surface area contributed by atoms with Crippen LogP contribution in [0.5, 0.6) is 0 Å². The molecule has 132 valence electrons. The summed E-state index contributed by atoms with van der Waals surface area (Å²) in [5, 5.41) is 2.86. The third-order valence-electron chi connectivity index (χ3n) is 4.02. The number of pyridine rings is 1.